The molecule has 50 heavy (non-hydrogen) atoms. The van der Waals surface area contributed by atoms with Gasteiger partial charge in [0.05, 0.1) is 13.1 Å². The Labute approximate surface area is 346 Å². The van der Waals surface area contributed by atoms with Gasteiger partial charge in [-0.15, -0.1) is 0 Å². The van der Waals surface area contributed by atoms with Crippen LogP contribution in [0.2, 0.25) is 78.6 Å². The molecule has 3 heterocycles. The maximum atomic E-state index is 11.8. The van der Waals surface area contributed by atoms with Gasteiger partial charge in [-0.3, -0.25) is 9.97 Å². The molecule has 4 rings (SSSR count). The molecule has 1 radical (unpaired) electrons. The minimum absolute atomic E-state index is 0. The van der Waals surface area contributed by atoms with Crippen LogP contribution in [0.4, 0.5) is 5.69 Å². The van der Waals surface area contributed by atoms with Crippen LogP contribution >= 0.6 is 0 Å². The van der Waals surface area contributed by atoms with Crippen LogP contribution in [0.5, 0.6) is 0 Å². The van der Waals surface area contributed by atoms with Crippen LogP contribution in [0.3, 0.4) is 0 Å². The third-order valence-electron chi connectivity index (χ3n) is 5.81. The molecule has 1 aliphatic rings. The number of benzene rings is 1. The molecule has 0 spiro atoms. The van der Waals surface area contributed by atoms with Gasteiger partial charge < -0.3 is 23.9 Å². The monoisotopic (exact) mass is 877 g/mol. The molecule has 0 fully saturated rings. The van der Waals surface area contributed by atoms with Crippen molar-refractivity contribution in [2.24, 2.45) is 0 Å². The third-order valence-corrected chi connectivity index (χ3v) is 16.5. The van der Waals surface area contributed by atoms with Crippen molar-refractivity contribution in [1.82, 2.24) is 9.97 Å². The van der Waals surface area contributed by atoms with E-state index in [4.69, 9.17) is 9.30 Å². The number of aromatic nitrogens is 2. The van der Waals surface area contributed by atoms with Crippen molar-refractivity contribution in [2.45, 2.75) is 119 Å². The van der Waals surface area contributed by atoms with E-state index in [1.165, 1.54) is 22.4 Å². The molecule has 0 unspecified atom stereocenters. The molecule has 3 aromatic rings. The van der Waals surface area contributed by atoms with Crippen molar-refractivity contribution in [2.75, 3.05) is 24.5 Å². The van der Waals surface area contributed by atoms with Gasteiger partial charge >= 0.3 is 41.7 Å². The molecule has 0 saturated carbocycles. The Bertz CT molecular complexity index is 1190. The maximum absolute atomic E-state index is 11.8. The molecule has 0 saturated heterocycles. The van der Waals surface area contributed by atoms with E-state index in [2.05, 4.69) is 133 Å². The van der Waals surface area contributed by atoms with Crippen molar-refractivity contribution in [1.29, 1.82) is 0 Å². The molecule has 0 amide bonds. The van der Waals surface area contributed by atoms with Crippen molar-refractivity contribution in [3.63, 3.8) is 0 Å². The summed E-state index contributed by atoms with van der Waals surface area (Å²) in [7, 11) is -4.42. The van der Waals surface area contributed by atoms with Gasteiger partial charge in [-0.25, -0.2) is 0 Å². The first-order valence-electron chi connectivity index (χ1n) is 17.4. The van der Waals surface area contributed by atoms with Gasteiger partial charge in [0.2, 0.25) is 0 Å². The molecule has 0 atom stereocenters. The zero-order chi connectivity index (χ0) is 38.1. The number of rotatable bonds is 7. The normalized spacial score (nSPS) is 13.0. The van der Waals surface area contributed by atoms with E-state index in [0.717, 1.165) is 13.1 Å². The summed E-state index contributed by atoms with van der Waals surface area (Å²) in [6, 6.07) is 15.8. The Hall–Kier alpha value is -0.886. The summed E-state index contributed by atoms with van der Waals surface area (Å²) in [4.78, 5) is 9.72. The SMILES string of the molecule is C[Si](C)(C)[N-][Si](C)(C)C.C[Si](C)(C)[N-][Si](C)(C)C.Cc1cc(C)c(N2[C-]=[N+](CC(C)(C)[O-])CC2)c(C)c1.[Ce+3].c1ccncc1.c1ccncc1. The van der Waals surface area contributed by atoms with E-state index in [0.29, 0.717) is 6.54 Å². The fourth-order valence-corrected chi connectivity index (χ4v) is 21.6. The molecular formula is C38H69CeN6OSi4. The molecular weight excluding hydrogens is 809 g/mol. The van der Waals surface area contributed by atoms with Crippen molar-refractivity contribution in [3.05, 3.63) is 99.3 Å². The standard InChI is InChI=1S/C16H23N2O.2C6H18NSi2.2C5H5N.Ce/c1-12-8-13(2)15(14(3)9-12)18-7-6-17(11-18)10-16(4,5)19;2*1-8(2,3)7-9(4,5)6;2*1-2-4-6-5-3-1;/h8-9H,6-7,10H2,1-5H3;2*1-6H3;2*1-5H;/q3*-1;;;+3. The zero-order valence-electron chi connectivity index (χ0n) is 34.6. The van der Waals surface area contributed by atoms with Crippen molar-refractivity contribution in [3.8, 4) is 0 Å². The second-order valence-electron chi connectivity index (χ2n) is 17.1. The Morgan fingerprint density at radius 1 is 0.680 bits per heavy atom. The summed E-state index contributed by atoms with van der Waals surface area (Å²) in [6.45, 7) is 39.7. The van der Waals surface area contributed by atoms with Crippen LogP contribution in [0, 0.1) is 62.5 Å². The number of hydrogen-bond acceptors (Lipinski definition) is 4. The second-order valence-corrected chi connectivity index (χ2v) is 36.3. The summed E-state index contributed by atoms with van der Waals surface area (Å²) in [6.07, 6.45) is 10.3. The van der Waals surface area contributed by atoms with Crippen molar-refractivity contribution >= 4 is 45.0 Å². The first-order chi connectivity index (χ1) is 22.2. The minimum atomic E-state index is -1.11. The average molecular weight is 878 g/mol. The van der Waals surface area contributed by atoms with Crippen LogP contribution in [-0.4, -0.2) is 79.1 Å². The Kier molecular flexibility index (Phi) is 24.3. The van der Waals surface area contributed by atoms with E-state index in [1.54, 1.807) is 38.6 Å². The Morgan fingerprint density at radius 2 is 1.02 bits per heavy atom. The third kappa shape index (κ3) is 30.7. The Balaban J connectivity index is 0. The smallest absolute Gasteiger partial charge is 0.847 e. The summed E-state index contributed by atoms with van der Waals surface area (Å²) < 4.78 is 11.6. The molecule has 0 N–H and O–H groups in total. The number of hydrogen-bond donors (Lipinski definition) is 0. The van der Waals surface area contributed by atoms with Gasteiger partial charge in [0.15, 0.2) is 0 Å². The molecule has 277 valence electrons. The van der Waals surface area contributed by atoms with Crippen LogP contribution in [0.15, 0.2) is 73.3 Å². The molecule has 0 bridgehead atoms. The number of anilines is 1. The van der Waals surface area contributed by atoms with Gasteiger partial charge in [0.25, 0.3) is 0 Å². The van der Waals surface area contributed by atoms with E-state index in [9.17, 15) is 5.11 Å². The fraction of sp³-hybridized carbons (Fsp3) is 0.553. The largest absolute Gasteiger partial charge is 3.00 e. The Morgan fingerprint density at radius 3 is 1.24 bits per heavy atom. The van der Waals surface area contributed by atoms with E-state index >= 15 is 0 Å². The van der Waals surface area contributed by atoms with E-state index < -0.39 is 38.5 Å². The van der Waals surface area contributed by atoms with Crippen LogP contribution < -0.4 is 10.0 Å². The molecule has 0 aliphatic carbocycles. The molecule has 1 aliphatic heterocycles. The summed E-state index contributed by atoms with van der Waals surface area (Å²) in [5.41, 5.74) is 4.13. The van der Waals surface area contributed by atoms with Crippen LogP contribution in [0.1, 0.15) is 30.5 Å². The van der Waals surface area contributed by atoms with Gasteiger partial charge in [0.1, 0.15) is 12.9 Å². The topological polar surface area (TPSA) is 83.3 Å². The average Bonchev–Trinajstić information content (AvgIpc) is 3.33. The predicted molar refractivity (Wildman–Crippen MR) is 226 cm³/mol. The quantitative estimate of drug-likeness (QED) is 0.135. The second kappa shape index (κ2) is 23.7. The summed E-state index contributed by atoms with van der Waals surface area (Å²) in [5.74, 6) is 0. The summed E-state index contributed by atoms with van der Waals surface area (Å²) in [5, 5.41) is 11.8. The van der Waals surface area contributed by atoms with Crippen molar-refractivity contribution < 1.29 is 51.4 Å². The number of pyridine rings is 2. The molecule has 1 aromatic carbocycles. The zero-order valence-corrected chi connectivity index (χ0v) is 41.8. The molecule has 12 heteroatoms. The molecule has 2 aromatic heterocycles. The number of aryl methyl sites for hydroxylation is 3. The van der Waals surface area contributed by atoms with Gasteiger partial charge in [-0.2, -0.15) is 0 Å². The van der Waals surface area contributed by atoms with E-state index in [1.807, 2.05) is 41.0 Å². The fourth-order valence-electron chi connectivity index (χ4n) is 5.46. The first-order valence-corrected chi connectivity index (χ1v) is 31.2. The van der Waals surface area contributed by atoms with Gasteiger partial charge in [-0.05, 0) is 36.9 Å². The van der Waals surface area contributed by atoms with Gasteiger partial charge in [0, 0.05) is 24.8 Å². The number of nitrogens with zero attached hydrogens (tertiary/aromatic N) is 6. The summed E-state index contributed by atoms with van der Waals surface area (Å²) >= 11 is 0. The first kappa shape index (κ1) is 51.2. The van der Waals surface area contributed by atoms with E-state index in [-0.39, 0.29) is 41.7 Å². The predicted octanol–water partition coefficient (Wildman–Crippen LogP) is 9.71. The van der Waals surface area contributed by atoms with Crippen LogP contribution in [0.25, 0.3) is 9.30 Å². The van der Waals surface area contributed by atoms with Crippen LogP contribution in [-0.2, 0) is 0 Å². The minimum Gasteiger partial charge on any atom is -0.847 e. The molecule has 7 nitrogen and oxygen atoms in total. The van der Waals surface area contributed by atoms with Gasteiger partial charge in [-0.1, -0.05) is 186 Å². The maximum Gasteiger partial charge on any atom is 3.00 e.